The monoisotopic (exact) mass is 235 g/mol. The van der Waals surface area contributed by atoms with E-state index in [0.29, 0.717) is 11.8 Å². The number of benzene rings is 1. The Balaban J connectivity index is 2.24. The highest BCUT2D eigenvalue weighted by Crippen LogP contribution is 2.15. The molecular weight excluding hydrogens is 210 g/mol. The molecule has 0 amide bonds. The van der Waals surface area contributed by atoms with Crippen LogP contribution in [-0.4, -0.2) is 11.1 Å². The quantitative estimate of drug-likeness (QED) is 0.755. The predicted octanol–water partition coefficient (Wildman–Crippen LogP) is 3.70. The summed E-state index contributed by atoms with van der Waals surface area (Å²) in [7, 11) is 0. The first-order chi connectivity index (χ1) is 8.09. The number of aromatic hydroxyl groups is 1. The Kier molecular flexibility index (Phi) is 6.06. The molecule has 0 radical (unpaired) electrons. The van der Waals surface area contributed by atoms with Crippen molar-refractivity contribution < 1.29 is 5.11 Å². The molecule has 0 fully saturated rings. The first-order valence-corrected chi connectivity index (χ1v) is 6.60. The van der Waals surface area contributed by atoms with Crippen molar-refractivity contribution in [3.8, 4) is 5.75 Å². The summed E-state index contributed by atoms with van der Waals surface area (Å²) < 4.78 is 0. The van der Waals surface area contributed by atoms with Gasteiger partial charge in [-0.3, -0.25) is 0 Å². The van der Waals surface area contributed by atoms with Gasteiger partial charge in [-0.1, -0.05) is 44.9 Å². The van der Waals surface area contributed by atoms with Crippen molar-refractivity contribution in [1.29, 1.82) is 0 Å². The molecule has 2 N–H and O–H groups in total. The third-order valence-electron chi connectivity index (χ3n) is 3.05. The van der Waals surface area contributed by atoms with Crippen molar-refractivity contribution in [3.05, 3.63) is 29.8 Å². The second-order valence-electron chi connectivity index (χ2n) is 5.24. The molecule has 17 heavy (non-hydrogen) atoms. The van der Waals surface area contributed by atoms with Gasteiger partial charge in [0.05, 0.1) is 0 Å². The van der Waals surface area contributed by atoms with E-state index < -0.39 is 0 Å². The molecule has 0 spiro atoms. The number of nitrogens with one attached hydrogen (secondary N) is 1. The van der Waals surface area contributed by atoms with Crippen LogP contribution < -0.4 is 5.32 Å². The Labute approximate surface area is 105 Å². The zero-order chi connectivity index (χ0) is 12.7. The van der Waals surface area contributed by atoms with Crippen LogP contribution in [0.15, 0.2) is 24.3 Å². The SMILES string of the molecule is CC(C)CCCC(C)NCc1ccccc1O. The number of hydrogen-bond donors (Lipinski definition) is 2. The van der Waals surface area contributed by atoms with Gasteiger partial charge in [0.25, 0.3) is 0 Å². The summed E-state index contributed by atoms with van der Waals surface area (Å²) in [6.45, 7) is 7.48. The fourth-order valence-corrected chi connectivity index (χ4v) is 1.88. The van der Waals surface area contributed by atoms with Crippen molar-refractivity contribution >= 4 is 0 Å². The molecule has 0 aromatic heterocycles. The molecule has 96 valence electrons. The molecule has 1 rings (SSSR count). The minimum Gasteiger partial charge on any atom is -0.508 e. The predicted molar refractivity (Wildman–Crippen MR) is 73.1 cm³/mol. The minimum absolute atomic E-state index is 0.384. The summed E-state index contributed by atoms with van der Waals surface area (Å²) in [6, 6.07) is 8.02. The summed E-state index contributed by atoms with van der Waals surface area (Å²) in [5, 5.41) is 13.1. The standard InChI is InChI=1S/C15H25NO/c1-12(2)7-6-8-13(3)16-11-14-9-4-5-10-15(14)17/h4-5,9-10,12-13,16-17H,6-8,11H2,1-3H3. The first-order valence-electron chi connectivity index (χ1n) is 6.60. The third-order valence-corrected chi connectivity index (χ3v) is 3.05. The Morgan fingerprint density at radius 3 is 2.47 bits per heavy atom. The summed E-state index contributed by atoms with van der Waals surface area (Å²) in [6.07, 6.45) is 3.76. The van der Waals surface area contributed by atoms with E-state index >= 15 is 0 Å². The maximum absolute atomic E-state index is 9.63. The Morgan fingerprint density at radius 2 is 1.82 bits per heavy atom. The highest BCUT2D eigenvalue weighted by molar-refractivity contribution is 5.31. The van der Waals surface area contributed by atoms with Crippen LogP contribution in [0.4, 0.5) is 0 Å². The average Bonchev–Trinajstić information content (AvgIpc) is 2.27. The largest absolute Gasteiger partial charge is 0.508 e. The Bertz CT molecular complexity index is 322. The molecule has 1 aromatic carbocycles. The molecule has 2 heteroatoms. The van der Waals surface area contributed by atoms with Crippen LogP contribution in [0.25, 0.3) is 0 Å². The van der Waals surface area contributed by atoms with E-state index in [9.17, 15) is 5.11 Å². The fourth-order valence-electron chi connectivity index (χ4n) is 1.88. The number of rotatable bonds is 7. The van der Waals surface area contributed by atoms with E-state index in [4.69, 9.17) is 0 Å². The zero-order valence-corrected chi connectivity index (χ0v) is 11.2. The topological polar surface area (TPSA) is 32.3 Å². The summed E-state index contributed by atoms with van der Waals surface area (Å²) in [5.74, 6) is 1.18. The smallest absolute Gasteiger partial charge is 0.120 e. The maximum Gasteiger partial charge on any atom is 0.120 e. The van der Waals surface area contributed by atoms with Gasteiger partial charge in [-0.15, -0.1) is 0 Å². The van der Waals surface area contributed by atoms with Gasteiger partial charge in [0.15, 0.2) is 0 Å². The fraction of sp³-hybridized carbons (Fsp3) is 0.600. The van der Waals surface area contributed by atoms with Crippen molar-refractivity contribution in [2.75, 3.05) is 0 Å². The van der Waals surface area contributed by atoms with Crippen LogP contribution in [0.3, 0.4) is 0 Å². The van der Waals surface area contributed by atoms with Crippen LogP contribution in [-0.2, 0) is 6.54 Å². The molecule has 1 unspecified atom stereocenters. The van der Waals surface area contributed by atoms with Crippen LogP contribution >= 0.6 is 0 Å². The minimum atomic E-state index is 0.384. The van der Waals surface area contributed by atoms with Crippen LogP contribution in [0.5, 0.6) is 5.75 Å². The first kappa shape index (κ1) is 14.0. The van der Waals surface area contributed by atoms with Gasteiger partial charge in [-0.05, 0) is 25.3 Å². The third kappa shape index (κ3) is 5.73. The van der Waals surface area contributed by atoms with E-state index in [1.165, 1.54) is 19.3 Å². The van der Waals surface area contributed by atoms with E-state index in [0.717, 1.165) is 18.0 Å². The summed E-state index contributed by atoms with van der Waals surface area (Å²) >= 11 is 0. The lowest BCUT2D eigenvalue weighted by Gasteiger charge is -2.15. The maximum atomic E-state index is 9.63. The van der Waals surface area contributed by atoms with Gasteiger partial charge >= 0.3 is 0 Å². The second kappa shape index (κ2) is 7.33. The van der Waals surface area contributed by atoms with Crippen LogP contribution in [0, 0.1) is 5.92 Å². The molecule has 1 aromatic rings. The van der Waals surface area contributed by atoms with E-state index in [1.807, 2.05) is 18.2 Å². The second-order valence-corrected chi connectivity index (χ2v) is 5.24. The Morgan fingerprint density at radius 1 is 1.12 bits per heavy atom. The number of para-hydroxylation sites is 1. The van der Waals surface area contributed by atoms with E-state index in [-0.39, 0.29) is 0 Å². The highest BCUT2D eigenvalue weighted by Gasteiger charge is 2.04. The van der Waals surface area contributed by atoms with Crippen LogP contribution in [0.2, 0.25) is 0 Å². The van der Waals surface area contributed by atoms with Crippen molar-refractivity contribution in [2.45, 2.75) is 52.6 Å². The molecular formula is C15H25NO. The molecule has 0 bridgehead atoms. The number of phenols is 1. The zero-order valence-electron chi connectivity index (χ0n) is 11.2. The normalized spacial score (nSPS) is 12.9. The number of hydrogen-bond acceptors (Lipinski definition) is 2. The van der Waals surface area contributed by atoms with Crippen molar-refractivity contribution in [2.24, 2.45) is 5.92 Å². The molecule has 0 aliphatic carbocycles. The van der Waals surface area contributed by atoms with Gasteiger partial charge < -0.3 is 10.4 Å². The lowest BCUT2D eigenvalue weighted by atomic mass is 10.0. The van der Waals surface area contributed by atoms with E-state index in [2.05, 4.69) is 26.1 Å². The van der Waals surface area contributed by atoms with Gasteiger partial charge in [0.1, 0.15) is 5.75 Å². The van der Waals surface area contributed by atoms with Gasteiger partial charge in [-0.25, -0.2) is 0 Å². The molecule has 0 aliphatic rings. The van der Waals surface area contributed by atoms with Crippen LogP contribution in [0.1, 0.15) is 45.6 Å². The van der Waals surface area contributed by atoms with Crippen molar-refractivity contribution in [3.63, 3.8) is 0 Å². The number of phenolic OH excluding ortho intramolecular Hbond substituents is 1. The summed E-state index contributed by atoms with van der Waals surface area (Å²) in [4.78, 5) is 0. The molecule has 0 saturated heterocycles. The molecule has 0 heterocycles. The van der Waals surface area contributed by atoms with Crippen molar-refractivity contribution in [1.82, 2.24) is 5.32 Å². The van der Waals surface area contributed by atoms with E-state index in [1.54, 1.807) is 6.07 Å². The molecule has 1 atom stereocenters. The molecule has 2 nitrogen and oxygen atoms in total. The van der Waals surface area contributed by atoms with Gasteiger partial charge in [0, 0.05) is 18.2 Å². The summed E-state index contributed by atoms with van der Waals surface area (Å²) in [5.41, 5.74) is 0.975. The van der Waals surface area contributed by atoms with Gasteiger partial charge in [-0.2, -0.15) is 0 Å². The highest BCUT2D eigenvalue weighted by atomic mass is 16.3. The Hall–Kier alpha value is -1.02. The van der Waals surface area contributed by atoms with Gasteiger partial charge in [0.2, 0.25) is 0 Å². The lowest BCUT2D eigenvalue weighted by molar-refractivity contribution is 0.440. The molecule has 0 aliphatic heterocycles. The molecule has 0 saturated carbocycles. The lowest BCUT2D eigenvalue weighted by Crippen LogP contribution is -2.25. The average molecular weight is 235 g/mol.